The number of likely N-dealkylation sites (tertiary alicyclic amines) is 1. The summed E-state index contributed by atoms with van der Waals surface area (Å²) in [6.07, 6.45) is 6.39. The zero-order chi connectivity index (χ0) is 24.3. The minimum absolute atomic E-state index is 0.0456. The Morgan fingerprint density at radius 1 is 1.24 bits per heavy atom. The number of hydrogen-bond donors (Lipinski definition) is 2. The van der Waals surface area contributed by atoms with Gasteiger partial charge in [-0.15, -0.1) is 0 Å². The second-order valence-corrected chi connectivity index (χ2v) is 9.70. The van der Waals surface area contributed by atoms with Crippen molar-refractivity contribution in [3.05, 3.63) is 29.2 Å². The SMILES string of the molecule is CC(C)(C)OC(=O)N1CCC[C@H](Nc2ncnc3c(C(N)=O)cc(C=C4CCOCC4)nc23)C1. The van der Waals surface area contributed by atoms with Crippen molar-refractivity contribution >= 4 is 34.9 Å². The molecule has 34 heavy (non-hydrogen) atoms. The average Bonchev–Trinajstić information content (AvgIpc) is 2.79. The Hall–Kier alpha value is -3.27. The number of anilines is 1. The molecule has 2 saturated heterocycles. The zero-order valence-corrected chi connectivity index (χ0v) is 20.0. The summed E-state index contributed by atoms with van der Waals surface area (Å²) >= 11 is 0. The van der Waals surface area contributed by atoms with Gasteiger partial charge in [-0.3, -0.25) is 4.79 Å². The van der Waals surface area contributed by atoms with E-state index < -0.39 is 11.5 Å². The van der Waals surface area contributed by atoms with E-state index in [-0.39, 0.29) is 12.1 Å². The van der Waals surface area contributed by atoms with E-state index in [0.717, 1.165) is 25.7 Å². The van der Waals surface area contributed by atoms with Gasteiger partial charge in [-0.05, 0) is 58.6 Å². The Morgan fingerprint density at radius 3 is 2.71 bits per heavy atom. The first-order valence-corrected chi connectivity index (χ1v) is 11.7. The lowest BCUT2D eigenvalue weighted by molar-refractivity contribution is 0.0206. The molecule has 0 radical (unpaired) electrons. The summed E-state index contributed by atoms with van der Waals surface area (Å²) in [6, 6.07) is 1.63. The number of nitrogens with two attached hydrogens (primary N) is 1. The number of carbonyl (C=O) groups excluding carboxylic acids is 2. The van der Waals surface area contributed by atoms with E-state index in [1.807, 2.05) is 26.8 Å². The third-order valence-corrected chi connectivity index (χ3v) is 5.78. The molecule has 2 aliphatic rings. The summed E-state index contributed by atoms with van der Waals surface area (Å²) in [4.78, 5) is 39.9. The van der Waals surface area contributed by atoms with Gasteiger partial charge in [0.05, 0.1) is 24.5 Å². The number of aromatic nitrogens is 3. The molecule has 0 aliphatic carbocycles. The van der Waals surface area contributed by atoms with Crippen LogP contribution in [-0.4, -0.2) is 69.8 Å². The molecule has 0 unspecified atom stereocenters. The smallest absolute Gasteiger partial charge is 0.410 e. The quantitative estimate of drug-likeness (QED) is 0.699. The molecule has 4 rings (SSSR count). The number of hydrogen-bond acceptors (Lipinski definition) is 8. The Bertz CT molecular complexity index is 1100. The number of amides is 2. The van der Waals surface area contributed by atoms with Gasteiger partial charge >= 0.3 is 6.09 Å². The van der Waals surface area contributed by atoms with Crippen LogP contribution in [0.15, 0.2) is 18.0 Å². The van der Waals surface area contributed by atoms with Crippen LogP contribution in [0.3, 0.4) is 0 Å². The molecule has 0 bridgehead atoms. The van der Waals surface area contributed by atoms with Crippen molar-refractivity contribution < 1.29 is 19.1 Å². The van der Waals surface area contributed by atoms with Gasteiger partial charge in [0.25, 0.3) is 5.91 Å². The number of primary amides is 1. The summed E-state index contributed by atoms with van der Waals surface area (Å²) < 4.78 is 11.0. The maximum absolute atomic E-state index is 12.5. The number of carbonyl (C=O) groups is 2. The van der Waals surface area contributed by atoms with Crippen LogP contribution >= 0.6 is 0 Å². The summed E-state index contributed by atoms with van der Waals surface area (Å²) in [6.45, 7) is 8.03. The average molecular weight is 469 g/mol. The molecule has 2 amide bonds. The van der Waals surface area contributed by atoms with Crippen molar-refractivity contribution in [2.75, 3.05) is 31.6 Å². The number of rotatable bonds is 4. The lowest BCUT2D eigenvalue weighted by Crippen LogP contribution is -2.47. The molecule has 1 atom stereocenters. The van der Waals surface area contributed by atoms with Crippen molar-refractivity contribution in [1.82, 2.24) is 19.9 Å². The van der Waals surface area contributed by atoms with Gasteiger partial charge in [-0.1, -0.05) is 5.57 Å². The molecule has 10 heteroatoms. The predicted octanol–water partition coefficient (Wildman–Crippen LogP) is 3.13. The van der Waals surface area contributed by atoms with Crippen molar-refractivity contribution in [1.29, 1.82) is 0 Å². The van der Waals surface area contributed by atoms with Crippen LogP contribution in [0, 0.1) is 0 Å². The second-order valence-electron chi connectivity index (χ2n) is 9.70. The van der Waals surface area contributed by atoms with Gasteiger partial charge in [-0.25, -0.2) is 19.7 Å². The molecule has 3 N–H and O–H groups in total. The molecule has 0 spiro atoms. The number of ether oxygens (including phenoxy) is 2. The highest BCUT2D eigenvalue weighted by atomic mass is 16.6. The molecule has 2 aromatic rings. The normalized spacial score (nSPS) is 19.1. The summed E-state index contributed by atoms with van der Waals surface area (Å²) in [7, 11) is 0. The van der Waals surface area contributed by atoms with Crippen molar-refractivity contribution in [2.45, 2.75) is 58.1 Å². The number of nitrogens with one attached hydrogen (secondary N) is 1. The van der Waals surface area contributed by atoms with E-state index in [1.165, 1.54) is 11.9 Å². The highest BCUT2D eigenvalue weighted by molar-refractivity contribution is 6.06. The highest BCUT2D eigenvalue weighted by Gasteiger charge is 2.28. The summed E-state index contributed by atoms with van der Waals surface area (Å²) in [5.74, 6) is -0.0618. The molecular weight excluding hydrogens is 436 g/mol. The molecule has 10 nitrogen and oxygen atoms in total. The fourth-order valence-electron chi connectivity index (χ4n) is 4.19. The molecule has 4 heterocycles. The van der Waals surface area contributed by atoms with Crippen molar-refractivity contribution in [3.63, 3.8) is 0 Å². The van der Waals surface area contributed by atoms with Crippen LogP contribution in [0.2, 0.25) is 0 Å². The second kappa shape index (κ2) is 9.92. The van der Waals surface area contributed by atoms with Gasteiger partial charge in [0.2, 0.25) is 0 Å². The van der Waals surface area contributed by atoms with E-state index in [1.54, 1.807) is 11.0 Å². The predicted molar refractivity (Wildman–Crippen MR) is 128 cm³/mol. The summed E-state index contributed by atoms with van der Waals surface area (Å²) in [5, 5.41) is 3.41. The fourth-order valence-corrected chi connectivity index (χ4v) is 4.19. The summed E-state index contributed by atoms with van der Waals surface area (Å²) in [5.41, 5.74) is 8.14. The van der Waals surface area contributed by atoms with Crippen LogP contribution in [0.25, 0.3) is 17.1 Å². The lowest BCUT2D eigenvalue weighted by Gasteiger charge is -2.34. The molecule has 182 valence electrons. The fraction of sp³-hybridized carbons (Fsp3) is 0.542. The number of nitrogens with zero attached hydrogens (tertiary/aromatic N) is 4. The van der Waals surface area contributed by atoms with Crippen LogP contribution in [0.1, 0.15) is 62.5 Å². The van der Waals surface area contributed by atoms with Gasteiger partial charge < -0.3 is 25.4 Å². The zero-order valence-electron chi connectivity index (χ0n) is 20.0. The number of piperidine rings is 1. The van der Waals surface area contributed by atoms with E-state index in [2.05, 4.69) is 15.3 Å². The maximum atomic E-state index is 12.5. The maximum Gasteiger partial charge on any atom is 0.410 e. The Morgan fingerprint density at radius 2 is 2.00 bits per heavy atom. The number of pyridine rings is 1. The first kappa shape index (κ1) is 23.9. The molecular formula is C24H32N6O4. The molecule has 2 aromatic heterocycles. The minimum atomic E-state index is -0.572. The minimum Gasteiger partial charge on any atom is -0.444 e. The van der Waals surface area contributed by atoms with Crippen LogP contribution < -0.4 is 11.1 Å². The van der Waals surface area contributed by atoms with E-state index >= 15 is 0 Å². The van der Waals surface area contributed by atoms with Crippen molar-refractivity contribution in [2.24, 2.45) is 5.73 Å². The molecule has 2 fully saturated rings. The first-order chi connectivity index (χ1) is 16.2. The Balaban J connectivity index is 1.62. The van der Waals surface area contributed by atoms with Crippen LogP contribution in [0.4, 0.5) is 10.6 Å². The third kappa shape index (κ3) is 5.80. The van der Waals surface area contributed by atoms with Crippen molar-refractivity contribution in [3.8, 4) is 0 Å². The number of fused-ring (bicyclic) bond motifs is 1. The Kier molecular flexibility index (Phi) is 6.97. The largest absolute Gasteiger partial charge is 0.444 e. The van der Waals surface area contributed by atoms with E-state index in [0.29, 0.717) is 54.4 Å². The standard InChI is InChI=1S/C24H32N6O4/c1-24(2,3)34-23(32)30-8-4-5-16(13-30)29-22-20-19(26-14-27-22)18(21(25)31)12-17(28-20)11-15-6-9-33-10-7-15/h11-12,14,16H,4-10,13H2,1-3H3,(H2,25,31)(H,26,27,29)/t16-/m0/s1. The molecule has 0 saturated carbocycles. The molecule has 0 aromatic carbocycles. The Labute approximate surface area is 198 Å². The van der Waals surface area contributed by atoms with E-state index in [4.69, 9.17) is 20.2 Å². The van der Waals surface area contributed by atoms with Gasteiger partial charge in [0.1, 0.15) is 23.0 Å². The monoisotopic (exact) mass is 468 g/mol. The van der Waals surface area contributed by atoms with E-state index in [9.17, 15) is 9.59 Å². The van der Waals surface area contributed by atoms with Gasteiger partial charge in [0, 0.05) is 19.1 Å². The molecule has 2 aliphatic heterocycles. The lowest BCUT2D eigenvalue weighted by atomic mass is 10.0. The van der Waals surface area contributed by atoms with Gasteiger partial charge in [0.15, 0.2) is 5.82 Å². The first-order valence-electron chi connectivity index (χ1n) is 11.7. The highest BCUT2D eigenvalue weighted by Crippen LogP contribution is 2.26. The third-order valence-electron chi connectivity index (χ3n) is 5.78. The van der Waals surface area contributed by atoms with Crippen LogP contribution in [-0.2, 0) is 9.47 Å². The van der Waals surface area contributed by atoms with Crippen LogP contribution in [0.5, 0.6) is 0 Å². The van der Waals surface area contributed by atoms with Gasteiger partial charge in [-0.2, -0.15) is 0 Å². The topological polar surface area (TPSA) is 133 Å².